The largest absolute Gasteiger partial charge is 0.450 e. The molecule has 0 aromatic carbocycles. The molecule has 1 atom stereocenters. The van der Waals surface area contributed by atoms with Crippen LogP contribution in [0.5, 0.6) is 0 Å². The van der Waals surface area contributed by atoms with Crippen LogP contribution >= 0.6 is 0 Å². The van der Waals surface area contributed by atoms with Crippen molar-refractivity contribution in [2.75, 3.05) is 46.9 Å². The predicted molar refractivity (Wildman–Crippen MR) is 90.3 cm³/mol. The van der Waals surface area contributed by atoms with Gasteiger partial charge in [-0.1, -0.05) is 0 Å². The topological polar surface area (TPSA) is 62.3 Å². The molecule has 1 unspecified atom stereocenters. The Kier molecular flexibility index (Phi) is 7.30. The zero-order chi connectivity index (χ0) is 17.5. The van der Waals surface area contributed by atoms with E-state index in [1.54, 1.807) is 7.05 Å². The van der Waals surface area contributed by atoms with Crippen molar-refractivity contribution in [3.8, 4) is 0 Å². The number of nitrogens with zero attached hydrogens (tertiary/aromatic N) is 3. The Hall–Kier alpha value is -1.34. The lowest BCUT2D eigenvalue weighted by Gasteiger charge is -2.37. The van der Waals surface area contributed by atoms with Crippen LogP contribution in [-0.4, -0.2) is 79.8 Å². The van der Waals surface area contributed by atoms with Crippen LogP contribution in [0.3, 0.4) is 0 Å². The molecule has 2 aliphatic heterocycles. The molecule has 0 spiro atoms. The lowest BCUT2D eigenvalue weighted by molar-refractivity contribution is -0.175. The maximum absolute atomic E-state index is 12.2. The van der Waals surface area contributed by atoms with Gasteiger partial charge in [0, 0.05) is 32.1 Å². The molecule has 0 N–H and O–H groups in total. The minimum absolute atomic E-state index is 0.0630. The van der Waals surface area contributed by atoms with Crippen molar-refractivity contribution in [1.82, 2.24) is 14.9 Å². The highest BCUT2D eigenvalue weighted by molar-refractivity contribution is 5.77. The first kappa shape index (κ1) is 19.0. The molecule has 7 heteroatoms. The first-order chi connectivity index (χ1) is 11.6. The van der Waals surface area contributed by atoms with E-state index in [9.17, 15) is 9.59 Å². The molecule has 0 saturated carbocycles. The smallest absolute Gasteiger partial charge is 0.409 e. The molecule has 138 valence electrons. The Balaban J connectivity index is 1.80. The third-order valence-electron chi connectivity index (χ3n) is 5.20. The van der Waals surface area contributed by atoms with Gasteiger partial charge in [0.2, 0.25) is 5.91 Å². The molecule has 0 radical (unpaired) electrons. The van der Waals surface area contributed by atoms with E-state index in [-0.39, 0.29) is 17.9 Å². The number of amides is 2. The Bertz CT molecular complexity index is 424. The zero-order valence-electron chi connectivity index (χ0n) is 15.2. The van der Waals surface area contributed by atoms with Gasteiger partial charge in [-0.05, 0) is 52.1 Å². The van der Waals surface area contributed by atoms with E-state index >= 15 is 0 Å². The summed E-state index contributed by atoms with van der Waals surface area (Å²) < 4.78 is 5.11. The predicted octanol–water partition coefficient (Wildman–Crippen LogP) is 1.73. The van der Waals surface area contributed by atoms with Gasteiger partial charge >= 0.3 is 6.09 Å². The van der Waals surface area contributed by atoms with Gasteiger partial charge in [0.05, 0.1) is 13.7 Å². The Morgan fingerprint density at radius 3 is 2.42 bits per heavy atom. The monoisotopic (exact) mass is 341 g/mol. The van der Waals surface area contributed by atoms with E-state index in [1.807, 2.05) is 11.8 Å². The summed E-state index contributed by atoms with van der Waals surface area (Å²) >= 11 is 0. The van der Waals surface area contributed by atoms with Crippen molar-refractivity contribution >= 4 is 12.0 Å². The number of piperidine rings is 1. The van der Waals surface area contributed by atoms with Crippen molar-refractivity contribution in [2.24, 2.45) is 5.92 Å². The van der Waals surface area contributed by atoms with Gasteiger partial charge in [-0.2, -0.15) is 0 Å². The summed E-state index contributed by atoms with van der Waals surface area (Å²) in [6.07, 6.45) is 4.66. The molecule has 0 bridgehead atoms. The highest BCUT2D eigenvalue weighted by Crippen LogP contribution is 2.25. The van der Waals surface area contributed by atoms with Gasteiger partial charge in [-0.15, -0.1) is 0 Å². The number of hydrogen-bond acceptors (Lipinski definition) is 5. The summed E-state index contributed by atoms with van der Waals surface area (Å²) in [5, 5.41) is 1.34. The number of hydrogen-bond donors (Lipinski definition) is 0. The Morgan fingerprint density at radius 2 is 1.79 bits per heavy atom. The van der Waals surface area contributed by atoms with E-state index in [4.69, 9.17) is 9.57 Å². The number of rotatable bonds is 4. The average molecular weight is 341 g/mol. The van der Waals surface area contributed by atoms with Crippen molar-refractivity contribution in [1.29, 1.82) is 0 Å². The minimum Gasteiger partial charge on any atom is -0.450 e. The highest BCUT2D eigenvalue weighted by atomic mass is 16.7. The third kappa shape index (κ3) is 4.83. The van der Waals surface area contributed by atoms with Gasteiger partial charge < -0.3 is 14.5 Å². The maximum atomic E-state index is 12.2. The molecule has 2 amide bonds. The van der Waals surface area contributed by atoms with E-state index < -0.39 is 0 Å². The summed E-state index contributed by atoms with van der Waals surface area (Å²) in [5.74, 6) is 0.138. The molecule has 0 aromatic heterocycles. The van der Waals surface area contributed by atoms with Crippen molar-refractivity contribution in [3.63, 3.8) is 0 Å². The van der Waals surface area contributed by atoms with Gasteiger partial charge in [-0.3, -0.25) is 9.63 Å². The van der Waals surface area contributed by atoms with Crippen molar-refractivity contribution in [2.45, 2.75) is 45.1 Å². The fourth-order valence-corrected chi connectivity index (χ4v) is 3.70. The summed E-state index contributed by atoms with van der Waals surface area (Å²) in [7, 11) is 3.19. The lowest BCUT2D eigenvalue weighted by atomic mass is 9.93. The molecular formula is C17H31N3O4. The first-order valence-corrected chi connectivity index (χ1v) is 9.04. The van der Waals surface area contributed by atoms with Gasteiger partial charge in [0.15, 0.2) is 0 Å². The Labute approximate surface area is 144 Å². The van der Waals surface area contributed by atoms with E-state index in [1.165, 1.54) is 12.2 Å². The molecule has 2 fully saturated rings. The first-order valence-electron chi connectivity index (χ1n) is 9.04. The summed E-state index contributed by atoms with van der Waals surface area (Å²) in [5.41, 5.74) is 0. The van der Waals surface area contributed by atoms with Crippen LogP contribution in [0.15, 0.2) is 0 Å². The minimum atomic E-state index is -0.190. The molecule has 2 heterocycles. The second kappa shape index (κ2) is 9.22. The summed E-state index contributed by atoms with van der Waals surface area (Å²) in [6, 6.07) is 0.501. The van der Waals surface area contributed by atoms with E-state index in [2.05, 4.69) is 4.90 Å². The molecule has 7 nitrogen and oxygen atoms in total. The van der Waals surface area contributed by atoms with E-state index in [0.29, 0.717) is 12.6 Å². The standard InChI is InChI=1S/C17H31N3O4/c1-4-24-17(22)20-10-5-6-15(9-13-20)19-11-7-14(8-12-19)16(21)18(2)23-3/h14-15H,4-13H2,1-3H3. The number of hydroxylamine groups is 2. The highest BCUT2D eigenvalue weighted by Gasteiger charge is 2.31. The molecular weight excluding hydrogens is 310 g/mol. The molecule has 2 rings (SSSR count). The molecule has 0 aliphatic carbocycles. The van der Waals surface area contributed by atoms with Gasteiger partial charge in [-0.25, -0.2) is 9.86 Å². The second-order valence-electron chi connectivity index (χ2n) is 6.60. The number of likely N-dealkylation sites (tertiary alicyclic amines) is 2. The fourth-order valence-electron chi connectivity index (χ4n) is 3.70. The third-order valence-corrected chi connectivity index (χ3v) is 5.20. The van der Waals surface area contributed by atoms with Gasteiger partial charge in [0.1, 0.15) is 0 Å². The molecule has 0 aromatic rings. The number of carbonyl (C=O) groups is 2. The zero-order valence-corrected chi connectivity index (χ0v) is 15.2. The molecule has 2 saturated heterocycles. The second-order valence-corrected chi connectivity index (χ2v) is 6.60. The Morgan fingerprint density at radius 1 is 1.08 bits per heavy atom. The van der Waals surface area contributed by atoms with Crippen LogP contribution in [0.2, 0.25) is 0 Å². The van der Waals surface area contributed by atoms with Crippen molar-refractivity contribution < 1.29 is 19.2 Å². The van der Waals surface area contributed by atoms with Crippen LogP contribution in [0.1, 0.15) is 39.0 Å². The van der Waals surface area contributed by atoms with Crippen LogP contribution in [-0.2, 0) is 14.4 Å². The fraction of sp³-hybridized carbons (Fsp3) is 0.882. The van der Waals surface area contributed by atoms with Crippen LogP contribution in [0.25, 0.3) is 0 Å². The summed E-state index contributed by atoms with van der Waals surface area (Å²) in [6.45, 7) is 5.69. The average Bonchev–Trinajstić information content (AvgIpc) is 2.87. The number of ether oxygens (including phenoxy) is 1. The maximum Gasteiger partial charge on any atom is 0.409 e. The molecule has 2 aliphatic rings. The summed E-state index contributed by atoms with van der Waals surface area (Å²) in [4.78, 5) is 33.4. The normalized spacial score (nSPS) is 23.6. The quantitative estimate of drug-likeness (QED) is 0.729. The van der Waals surface area contributed by atoms with E-state index in [0.717, 1.165) is 58.3 Å². The van der Waals surface area contributed by atoms with Crippen LogP contribution < -0.4 is 0 Å². The molecule has 24 heavy (non-hydrogen) atoms. The van der Waals surface area contributed by atoms with Crippen molar-refractivity contribution in [3.05, 3.63) is 0 Å². The SMILES string of the molecule is CCOC(=O)N1CCCC(N2CCC(C(=O)N(C)OC)CC2)CC1. The van der Waals surface area contributed by atoms with Crippen LogP contribution in [0.4, 0.5) is 4.79 Å². The lowest BCUT2D eigenvalue weighted by Crippen LogP contribution is -2.45. The number of carbonyl (C=O) groups excluding carboxylic acids is 2. The van der Waals surface area contributed by atoms with Crippen LogP contribution in [0, 0.1) is 5.92 Å². The van der Waals surface area contributed by atoms with Gasteiger partial charge in [0.25, 0.3) is 0 Å².